The van der Waals surface area contributed by atoms with E-state index < -0.39 is 0 Å². The third-order valence-electron chi connectivity index (χ3n) is 3.57. The van der Waals surface area contributed by atoms with E-state index in [4.69, 9.17) is 10.5 Å². The third-order valence-corrected chi connectivity index (χ3v) is 3.57. The minimum absolute atomic E-state index is 0.495. The molecule has 100 valence electrons. The second-order valence-electron chi connectivity index (χ2n) is 4.83. The van der Waals surface area contributed by atoms with Crippen LogP contribution >= 0.6 is 0 Å². The average Bonchev–Trinajstić information content (AvgIpc) is 2.41. The number of likely N-dealkylation sites (N-methyl/N-ethyl adjacent to an activating group) is 1. The van der Waals surface area contributed by atoms with E-state index in [1.165, 1.54) is 19.4 Å². The van der Waals surface area contributed by atoms with Crippen molar-refractivity contribution in [1.29, 1.82) is 0 Å². The Morgan fingerprint density at radius 2 is 2.33 bits per heavy atom. The Bertz CT molecular complexity index is 395. The van der Waals surface area contributed by atoms with Crippen LogP contribution in [0.4, 0.5) is 11.4 Å². The molecule has 0 spiro atoms. The van der Waals surface area contributed by atoms with Crippen molar-refractivity contribution in [2.75, 3.05) is 37.8 Å². The Kier molecular flexibility index (Phi) is 4.31. The van der Waals surface area contributed by atoms with Crippen molar-refractivity contribution in [3.05, 3.63) is 18.2 Å². The van der Waals surface area contributed by atoms with E-state index in [2.05, 4.69) is 17.1 Å². The van der Waals surface area contributed by atoms with Crippen molar-refractivity contribution >= 4 is 11.4 Å². The summed E-state index contributed by atoms with van der Waals surface area (Å²) in [5.74, 6) is 0.803. The number of likely N-dealkylation sites (tertiary alicyclic amines) is 1. The second-order valence-corrected chi connectivity index (χ2v) is 4.83. The molecule has 0 bridgehead atoms. The highest BCUT2D eigenvalue weighted by Crippen LogP contribution is 2.26. The molecule has 1 saturated heterocycles. The molecule has 0 radical (unpaired) electrons. The normalized spacial score (nSPS) is 20.7. The van der Waals surface area contributed by atoms with Gasteiger partial charge in [-0.05, 0) is 38.1 Å². The first kappa shape index (κ1) is 13.0. The largest absolute Gasteiger partial charge is 0.497 e. The van der Waals surface area contributed by atoms with E-state index in [9.17, 15) is 0 Å². The predicted molar refractivity (Wildman–Crippen MR) is 76.2 cm³/mol. The van der Waals surface area contributed by atoms with E-state index in [1.807, 2.05) is 18.2 Å². The fraction of sp³-hybridized carbons (Fsp3) is 0.571. The summed E-state index contributed by atoms with van der Waals surface area (Å²) >= 11 is 0. The lowest BCUT2D eigenvalue weighted by molar-refractivity contribution is 0.227. The molecule has 1 heterocycles. The van der Waals surface area contributed by atoms with Crippen LogP contribution in [0, 0.1) is 0 Å². The number of methoxy groups -OCH3 is 1. The lowest BCUT2D eigenvalue weighted by Gasteiger charge is -2.33. The van der Waals surface area contributed by atoms with E-state index in [0.717, 1.165) is 30.2 Å². The van der Waals surface area contributed by atoms with Gasteiger partial charge in [0.25, 0.3) is 0 Å². The quantitative estimate of drug-likeness (QED) is 0.803. The van der Waals surface area contributed by atoms with Crippen molar-refractivity contribution < 1.29 is 4.74 Å². The number of nitrogens with one attached hydrogen (secondary N) is 1. The Labute approximate surface area is 109 Å². The maximum Gasteiger partial charge on any atom is 0.121 e. The Morgan fingerprint density at radius 1 is 1.50 bits per heavy atom. The lowest BCUT2D eigenvalue weighted by Crippen LogP contribution is -2.41. The van der Waals surface area contributed by atoms with Gasteiger partial charge in [-0.25, -0.2) is 0 Å². The summed E-state index contributed by atoms with van der Waals surface area (Å²) < 4.78 is 5.16. The first-order valence-electron chi connectivity index (χ1n) is 6.65. The number of rotatable bonds is 4. The van der Waals surface area contributed by atoms with Crippen LogP contribution in [0.1, 0.15) is 19.8 Å². The number of nitrogen functional groups attached to an aromatic ring is 1. The fourth-order valence-corrected chi connectivity index (χ4v) is 2.48. The molecule has 4 heteroatoms. The zero-order valence-corrected chi connectivity index (χ0v) is 11.3. The van der Waals surface area contributed by atoms with Crippen LogP contribution in [0.2, 0.25) is 0 Å². The summed E-state index contributed by atoms with van der Waals surface area (Å²) in [7, 11) is 1.65. The minimum Gasteiger partial charge on any atom is -0.497 e. The number of nitrogens with two attached hydrogens (primary N) is 1. The maximum absolute atomic E-state index is 6.03. The second kappa shape index (κ2) is 5.96. The summed E-state index contributed by atoms with van der Waals surface area (Å²) in [4.78, 5) is 2.47. The van der Waals surface area contributed by atoms with E-state index in [-0.39, 0.29) is 0 Å². The minimum atomic E-state index is 0.495. The smallest absolute Gasteiger partial charge is 0.121 e. The van der Waals surface area contributed by atoms with Crippen molar-refractivity contribution in [2.45, 2.75) is 25.8 Å². The number of ether oxygens (including phenoxy) is 1. The van der Waals surface area contributed by atoms with Gasteiger partial charge < -0.3 is 20.7 Å². The molecule has 1 unspecified atom stereocenters. The van der Waals surface area contributed by atoms with Crippen LogP contribution in [-0.4, -0.2) is 37.7 Å². The Balaban J connectivity index is 2.00. The van der Waals surface area contributed by atoms with Gasteiger partial charge in [0.05, 0.1) is 18.5 Å². The Hall–Kier alpha value is -1.42. The molecular formula is C14H23N3O. The summed E-state index contributed by atoms with van der Waals surface area (Å²) in [5, 5.41) is 3.54. The monoisotopic (exact) mass is 249 g/mol. The highest BCUT2D eigenvalue weighted by Gasteiger charge is 2.18. The zero-order valence-electron chi connectivity index (χ0n) is 11.3. The summed E-state index contributed by atoms with van der Waals surface area (Å²) in [6, 6.07) is 6.30. The fourth-order valence-electron chi connectivity index (χ4n) is 2.48. The van der Waals surface area contributed by atoms with Crippen LogP contribution in [0.3, 0.4) is 0 Å². The van der Waals surface area contributed by atoms with E-state index in [0.29, 0.717) is 6.04 Å². The lowest BCUT2D eigenvalue weighted by atomic mass is 10.1. The summed E-state index contributed by atoms with van der Waals surface area (Å²) in [5.41, 5.74) is 7.79. The number of piperidine rings is 1. The summed E-state index contributed by atoms with van der Waals surface area (Å²) in [6.07, 6.45) is 2.46. The SMILES string of the molecule is CCN1CCCC(Nc2ccc(OC)cc2N)C1. The number of benzene rings is 1. The molecule has 0 aromatic heterocycles. The first-order chi connectivity index (χ1) is 8.72. The number of nitrogens with zero attached hydrogens (tertiary/aromatic N) is 1. The van der Waals surface area contributed by atoms with Gasteiger partial charge >= 0.3 is 0 Å². The molecule has 2 rings (SSSR count). The average molecular weight is 249 g/mol. The molecule has 1 fully saturated rings. The van der Waals surface area contributed by atoms with Gasteiger partial charge in [-0.2, -0.15) is 0 Å². The van der Waals surface area contributed by atoms with Crippen molar-refractivity contribution in [2.24, 2.45) is 0 Å². The highest BCUT2D eigenvalue weighted by molar-refractivity contribution is 5.68. The van der Waals surface area contributed by atoms with Crippen LogP contribution in [0.15, 0.2) is 18.2 Å². The predicted octanol–water partition coefficient (Wildman–Crippen LogP) is 2.17. The highest BCUT2D eigenvalue weighted by atomic mass is 16.5. The molecule has 4 nitrogen and oxygen atoms in total. The molecule has 1 aromatic rings. The molecule has 1 aromatic carbocycles. The van der Waals surface area contributed by atoms with Gasteiger partial charge in [0.15, 0.2) is 0 Å². The van der Waals surface area contributed by atoms with Gasteiger partial charge in [-0.3, -0.25) is 0 Å². The molecule has 1 aliphatic heterocycles. The van der Waals surface area contributed by atoms with Crippen LogP contribution in [0.25, 0.3) is 0 Å². The summed E-state index contributed by atoms with van der Waals surface area (Å²) in [6.45, 7) is 5.65. The van der Waals surface area contributed by atoms with Gasteiger partial charge in [-0.15, -0.1) is 0 Å². The zero-order chi connectivity index (χ0) is 13.0. The van der Waals surface area contributed by atoms with Gasteiger partial charge in [0.1, 0.15) is 5.75 Å². The van der Waals surface area contributed by atoms with E-state index >= 15 is 0 Å². The standard InChI is InChI=1S/C14H23N3O/c1-3-17-8-4-5-11(10-17)16-14-7-6-12(18-2)9-13(14)15/h6-7,9,11,16H,3-5,8,10,15H2,1-2H3. The number of anilines is 2. The molecule has 0 aliphatic carbocycles. The molecule has 0 saturated carbocycles. The van der Waals surface area contributed by atoms with Crippen molar-refractivity contribution in [3.8, 4) is 5.75 Å². The Morgan fingerprint density at radius 3 is 3.00 bits per heavy atom. The topological polar surface area (TPSA) is 50.5 Å². The third kappa shape index (κ3) is 3.07. The molecular weight excluding hydrogens is 226 g/mol. The molecule has 18 heavy (non-hydrogen) atoms. The van der Waals surface area contributed by atoms with Crippen molar-refractivity contribution in [1.82, 2.24) is 4.90 Å². The molecule has 1 aliphatic rings. The number of hydrogen-bond acceptors (Lipinski definition) is 4. The van der Waals surface area contributed by atoms with Gasteiger partial charge in [-0.1, -0.05) is 6.92 Å². The molecule has 3 N–H and O–H groups in total. The van der Waals surface area contributed by atoms with Crippen LogP contribution < -0.4 is 15.8 Å². The van der Waals surface area contributed by atoms with Gasteiger partial charge in [0, 0.05) is 18.7 Å². The maximum atomic E-state index is 6.03. The van der Waals surface area contributed by atoms with Crippen LogP contribution in [0.5, 0.6) is 5.75 Å². The van der Waals surface area contributed by atoms with Crippen molar-refractivity contribution in [3.63, 3.8) is 0 Å². The number of hydrogen-bond donors (Lipinski definition) is 2. The molecule has 0 amide bonds. The van der Waals surface area contributed by atoms with Gasteiger partial charge in [0.2, 0.25) is 0 Å². The molecule has 1 atom stereocenters. The van der Waals surface area contributed by atoms with E-state index in [1.54, 1.807) is 7.11 Å². The first-order valence-corrected chi connectivity index (χ1v) is 6.65. The van der Waals surface area contributed by atoms with Crippen LogP contribution in [-0.2, 0) is 0 Å².